The predicted molar refractivity (Wildman–Crippen MR) is 97.7 cm³/mol. The van der Waals surface area contributed by atoms with E-state index >= 15 is 0 Å². The molecule has 0 bridgehead atoms. The summed E-state index contributed by atoms with van der Waals surface area (Å²) in [5, 5.41) is 3.28. The molecule has 0 spiro atoms. The van der Waals surface area contributed by atoms with Gasteiger partial charge in [0.25, 0.3) is 5.91 Å². The van der Waals surface area contributed by atoms with E-state index in [4.69, 9.17) is 14.2 Å². The van der Waals surface area contributed by atoms with Crippen LogP contribution in [0.5, 0.6) is 11.5 Å². The SMILES string of the molecule is CCN(CC1COc2ccccc2O1)C(=O)C1(OC)CCNCC1.Cl. The standard InChI is InChI=1S/C18H26N2O4.ClH/c1-3-20(17(21)18(22-2)8-10-19-11-9-18)12-14-13-23-15-6-4-5-7-16(15)24-14;/h4-7,14,19H,3,8-13H2,1-2H3;1H. The average Bonchev–Trinajstić information content (AvgIpc) is 2.66. The summed E-state index contributed by atoms with van der Waals surface area (Å²) in [7, 11) is 1.63. The molecule has 1 saturated heterocycles. The summed E-state index contributed by atoms with van der Waals surface area (Å²) in [6, 6.07) is 7.62. The third-order valence-corrected chi connectivity index (χ3v) is 4.85. The molecular weight excluding hydrogens is 344 g/mol. The molecule has 140 valence electrons. The maximum Gasteiger partial charge on any atom is 0.255 e. The Balaban J connectivity index is 0.00000225. The van der Waals surface area contributed by atoms with Gasteiger partial charge in [-0.25, -0.2) is 0 Å². The van der Waals surface area contributed by atoms with Crippen LogP contribution < -0.4 is 14.8 Å². The van der Waals surface area contributed by atoms with E-state index in [9.17, 15) is 4.79 Å². The van der Waals surface area contributed by atoms with Gasteiger partial charge in [-0.2, -0.15) is 0 Å². The molecule has 2 aliphatic heterocycles. The Morgan fingerprint density at radius 1 is 1.32 bits per heavy atom. The van der Waals surface area contributed by atoms with Crippen molar-refractivity contribution in [3.05, 3.63) is 24.3 Å². The quantitative estimate of drug-likeness (QED) is 0.857. The largest absolute Gasteiger partial charge is 0.486 e. The van der Waals surface area contributed by atoms with Gasteiger partial charge in [-0.05, 0) is 45.0 Å². The molecule has 1 atom stereocenters. The van der Waals surface area contributed by atoms with Crippen LogP contribution in [0, 0.1) is 0 Å². The molecule has 1 amide bonds. The monoisotopic (exact) mass is 370 g/mol. The minimum Gasteiger partial charge on any atom is -0.486 e. The van der Waals surface area contributed by atoms with Gasteiger partial charge in [0.15, 0.2) is 17.6 Å². The zero-order valence-electron chi connectivity index (χ0n) is 14.8. The summed E-state index contributed by atoms with van der Waals surface area (Å²) >= 11 is 0. The number of para-hydroxylation sites is 2. The summed E-state index contributed by atoms with van der Waals surface area (Å²) in [6.07, 6.45) is 1.23. The van der Waals surface area contributed by atoms with Gasteiger partial charge in [0.1, 0.15) is 12.2 Å². The number of hydrogen-bond acceptors (Lipinski definition) is 5. The fourth-order valence-electron chi connectivity index (χ4n) is 3.38. The molecule has 2 aliphatic rings. The second-order valence-electron chi connectivity index (χ2n) is 6.29. The number of nitrogens with zero attached hydrogens (tertiary/aromatic N) is 1. The van der Waals surface area contributed by atoms with E-state index in [0.717, 1.165) is 24.6 Å². The van der Waals surface area contributed by atoms with Gasteiger partial charge in [-0.3, -0.25) is 4.79 Å². The van der Waals surface area contributed by atoms with E-state index in [1.54, 1.807) is 7.11 Å². The normalized spacial score (nSPS) is 21.1. The van der Waals surface area contributed by atoms with E-state index in [0.29, 0.717) is 32.5 Å². The highest BCUT2D eigenvalue weighted by Gasteiger charge is 2.42. The van der Waals surface area contributed by atoms with Gasteiger partial charge in [-0.15, -0.1) is 12.4 Å². The number of hydrogen-bond donors (Lipinski definition) is 1. The van der Waals surface area contributed by atoms with Gasteiger partial charge in [0.05, 0.1) is 6.54 Å². The highest BCUT2D eigenvalue weighted by atomic mass is 35.5. The molecular formula is C18H27ClN2O4. The first-order valence-corrected chi connectivity index (χ1v) is 8.62. The minimum atomic E-state index is -0.714. The van der Waals surface area contributed by atoms with Crippen LogP contribution in [0.15, 0.2) is 24.3 Å². The number of likely N-dealkylation sites (N-methyl/N-ethyl adjacent to an activating group) is 1. The van der Waals surface area contributed by atoms with Gasteiger partial charge in [0, 0.05) is 13.7 Å². The molecule has 2 heterocycles. The first-order valence-electron chi connectivity index (χ1n) is 8.62. The molecule has 25 heavy (non-hydrogen) atoms. The predicted octanol–water partition coefficient (Wildman–Crippen LogP) is 1.87. The highest BCUT2D eigenvalue weighted by Crippen LogP contribution is 2.31. The van der Waals surface area contributed by atoms with Crippen LogP contribution in [0.25, 0.3) is 0 Å². The fraction of sp³-hybridized carbons (Fsp3) is 0.611. The van der Waals surface area contributed by atoms with Crippen molar-refractivity contribution < 1.29 is 19.0 Å². The van der Waals surface area contributed by atoms with Gasteiger partial charge >= 0.3 is 0 Å². The first-order chi connectivity index (χ1) is 11.7. The number of halogens is 1. The van der Waals surface area contributed by atoms with E-state index in [1.807, 2.05) is 36.1 Å². The van der Waals surface area contributed by atoms with Gasteiger partial charge < -0.3 is 24.4 Å². The summed E-state index contributed by atoms with van der Waals surface area (Å²) in [4.78, 5) is 14.9. The number of benzene rings is 1. The lowest BCUT2D eigenvalue weighted by Crippen LogP contribution is -2.57. The minimum absolute atomic E-state index is 0. The number of amides is 1. The van der Waals surface area contributed by atoms with Crippen molar-refractivity contribution in [3.63, 3.8) is 0 Å². The van der Waals surface area contributed by atoms with Crippen LogP contribution in [-0.2, 0) is 9.53 Å². The third-order valence-electron chi connectivity index (χ3n) is 4.85. The Morgan fingerprint density at radius 2 is 2.00 bits per heavy atom. The van der Waals surface area contributed by atoms with E-state index < -0.39 is 5.60 Å². The number of rotatable bonds is 5. The summed E-state index contributed by atoms with van der Waals surface area (Å²) < 4.78 is 17.4. The summed E-state index contributed by atoms with van der Waals surface area (Å²) in [5.74, 6) is 1.55. The molecule has 0 aromatic heterocycles. The van der Waals surface area contributed by atoms with Crippen molar-refractivity contribution in [1.29, 1.82) is 0 Å². The second kappa shape index (κ2) is 8.74. The molecule has 6 nitrogen and oxygen atoms in total. The Kier molecular flexibility index (Phi) is 6.93. The maximum absolute atomic E-state index is 13.1. The number of piperidine rings is 1. The number of ether oxygens (including phenoxy) is 3. The number of methoxy groups -OCH3 is 1. The molecule has 7 heteroatoms. The lowest BCUT2D eigenvalue weighted by molar-refractivity contribution is -0.159. The van der Waals surface area contributed by atoms with Crippen LogP contribution in [-0.4, -0.2) is 62.4 Å². The van der Waals surface area contributed by atoms with E-state index in [-0.39, 0.29) is 24.4 Å². The lowest BCUT2D eigenvalue weighted by Gasteiger charge is -2.40. The first kappa shape index (κ1) is 19.8. The molecule has 1 N–H and O–H groups in total. The van der Waals surface area contributed by atoms with Crippen molar-refractivity contribution in [2.75, 3.05) is 39.9 Å². The molecule has 0 saturated carbocycles. The molecule has 1 aromatic carbocycles. The van der Waals surface area contributed by atoms with Gasteiger partial charge in [0.2, 0.25) is 0 Å². The topological polar surface area (TPSA) is 60.0 Å². The van der Waals surface area contributed by atoms with Crippen LogP contribution in [0.4, 0.5) is 0 Å². The lowest BCUT2D eigenvalue weighted by atomic mass is 9.90. The number of carbonyl (C=O) groups is 1. The Labute approximate surface area is 155 Å². The van der Waals surface area contributed by atoms with Crippen LogP contribution in [0.1, 0.15) is 19.8 Å². The number of nitrogens with one attached hydrogen (secondary N) is 1. The van der Waals surface area contributed by atoms with Gasteiger partial charge in [-0.1, -0.05) is 12.1 Å². The van der Waals surface area contributed by atoms with Crippen molar-refractivity contribution in [2.45, 2.75) is 31.5 Å². The third kappa shape index (κ3) is 4.19. The molecule has 0 radical (unpaired) electrons. The second-order valence-corrected chi connectivity index (χ2v) is 6.29. The van der Waals surface area contributed by atoms with Crippen LogP contribution in [0.3, 0.4) is 0 Å². The number of carbonyl (C=O) groups excluding carboxylic acids is 1. The zero-order valence-corrected chi connectivity index (χ0v) is 15.6. The molecule has 1 unspecified atom stereocenters. The smallest absolute Gasteiger partial charge is 0.255 e. The molecule has 3 rings (SSSR count). The van der Waals surface area contributed by atoms with E-state index in [2.05, 4.69) is 5.32 Å². The van der Waals surface area contributed by atoms with Crippen molar-refractivity contribution in [1.82, 2.24) is 10.2 Å². The van der Waals surface area contributed by atoms with Crippen molar-refractivity contribution >= 4 is 18.3 Å². The van der Waals surface area contributed by atoms with Crippen LogP contribution in [0.2, 0.25) is 0 Å². The van der Waals surface area contributed by atoms with Crippen LogP contribution >= 0.6 is 12.4 Å². The van der Waals surface area contributed by atoms with Crippen molar-refractivity contribution in [2.24, 2.45) is 0 Å². The van der Waals surface area contributed by atoms with E-state index in [1.165, 1.54) is 0 Å². The Hall–Kier alpha value is -1.50. The zero-order chi connectivity index (χ0) is 17.0. The highest BCUT2D eigenvalue weighted by molar-refractivity contribution is 5.85. The number of fused-ring (bicyclic) bond motifs is 1. The summed E-state index contributed by atoms with van der Waals surface area (Å²) in [5.41, 5.74) is -0.714. The molecule has 1 aromatic rings. The summed E-state index contributed by atoms with van der Waals surface area (Å²) in [6.45, 7) is 5.16. The average molecular weight is 371 g/mol. The van der Waals surface area contributed by atoms with Crippen molar-refractivity contribution in [3.8, 4) is 11.5 Å². The Bertz CT molecular complexity index is 578. The molecule has 0 aliphatic carbocycles. The fourth-order valence-corrected chi connectivity index (χ4v) is 3.38. The Morgan fingerprint density at radius 3 is 2.64 bits per heavy atom. The molecule has 1 fully saturated rings. The maximum atomic E-state index is 13.1.